The normalized spacial score (nSPS) is 10.9. The number of aromatic nitrogens is 1. The van der Waals surface area contributed by atoms with Crippen LogP contribution in [0.5, 0.6) is 5.75 Å². The number of nitrogens with zero attached hydrogens (tertiary/aromatic N) is 2. The largest absolute Gasteiger partial charge is 0.573 e. The number of ether oxygens (including phenoxy) is 1. The van der Waals surface area contributed by atoms with E-state index >= 15 is 0 Å². The zero-order chi connectivity index (χ0) is 12.3. The number of hydrogen-bond donors (Lipinski definition) is 1. The molecule has 0 radical (unpaired) electrons. The van der Waals surface area contributed by atoms with Crippen molar-refractivity contribution in [2.24, 2.45) is 0 Å². The highest BCUT2D eigenvalue weighted by Gasteiger charge is 2.34. The van der Waals surface area contributed by atoms with Crippen molar-refractivity contribution in [1.82, 2.24) is 4.98 Å². The van der Waals surface area contributed by atoms with Crippen molar-refractivity contribution in [2.75, 3.05) is 5.73 Å². The number of nitrogen functional groups attached to an aromatic ring is 1. The molecule has 1 rings (SSSR count). The Balaban J connectivity index is 3.31. The van der Waals surface area contributed by atoms with Gasteiger partial charge in [-0.2, -0.15) is 5.26 Å². The Morgan fingerprint density at radius 2 is 2.12 bits per heavy atom. The molecule has 0 unspecified atom stereocenters. The highest BCUT2D eigenvalue weighted by Crippen LogP contribution is 2.32. The first-order chi connectivity index (χ1) is 7.39. The van der Waals surface area contributed by atoms with E-state index in [1.807, 2.05) is 0 Å². The molecule has 0 atom stereocenters. The summed E-state index contributed by atoms with van der Waals surface area (Å²) >= 11 is 0. The number of pyridine rings is 1. The summed E-state index contributed by atoms with van der Waals surface area (Å²) < 4.78 is 51.8. The molecule has 0 saturated carbocycles. The number of alkyl halides is 4. The topological polar surface area (TPSA) is 71.9 Å². The smallest absolute Gasteiger partial charge is 0.400 e. The maximum absolute atomic E-state index is 12.3. The van der Waals surface area contributed by atoms with Gasteiger partial charge in [-0.3, -0.25) is 0 Å². The van der Waals surface area contributed by atoms with Crippen molar-refractivity contribution in [3.05, 3.63) is 17.3 Å². The molecule has 0 aliphatic rings. The molecule has 1 aromatic heterocycles. The molecular weight excluding hydrogens is 230 g/mol. The van der Waals surface area contributed by atoms with Crippen molar-refractivity contribution in [1.29, 1.82) is 5.26 Å². The minimum atomic E-state index is -5.02. The van der Waals surface area contributed by atoms with Gasteiger partial charge < -0.3 is 10.5 Å². The molecule has 16 heavy (non-hydrogen) atoms. The van der Waals surface area contributed by atoms with Crippen LogP contribution in [0.15, 0.2) is 6.20 Å². The van der Waals surface area contributed by atoms with Crippen molar-refractivity contribution in [3.63, 3.8) is 0 Å². The fourth-order valence-electron chi connectivity index (χ4n) is 0.987. The Kier molecular flexibility index (Phi) is 3.17. The van der Waals surface area contributed by atoms with Gasteiger partial charge in [-0.1, -0.05) is 0 Å². The van der Waals surface area contributed by atoms with Crippen LogP contribution in [0.2, 0.25) is 0 Å². The third-order valence-corrected chi connectivity index (χ3v) is 1.61. The third kappa shape index (κ3) is 2.50. The van der Waals surface area contributed by atoms with Crippen LogP contribution >= 0.6 is 0 Å². The monoisotopic (exact) mass is 235 g/mol. The molecule has 86 valence electrons. The van der Waals surface area contributed by atoms with Crippen LogP contribution in [0.4, 0.5) is 23.4 Å². The second-order valence-electron chi connectivity index (χ2n) is 2.67. The summed E-state index contributed by atoms with van der Waals surface area (Å²) in [6, 6.07) is 1.39. The molecule has 0 aromatic carbocycles. The molecule has 0 bridgehead atoms. The van der Waals surface area contributed by atoms with Crippen LogP contribution < -0.4 is 10.5 Å². The van der Waals surface area contributed by atoms with Gasteiger partial charge in [-0.25, -0.2) is 9.37 Å². The van der Waals surface area contributed by atoms with Crippen LogP contribution in [0.1, 0.15) is 11.1 Å². The number of rotatable bonds is 2. The Hall–Kier alpha value is -2.04. The van der Waals surface area contributed by atoms with Gasteiger partial charge in [0.2, 0.25) is 0 Å². The SMILES string of the molecule is N#Cc1c(CF)cnc(N)c1OC(F)(F)F. The van der Waals surface area contributed by atoms with Gasteiger partial charge in [-0.05, 0) is 0 Å². The van der Waals surface area contributed by atoms with E-state index in [1.54, 1.807) is 0 Å². The van der Waals surface area contributed by atoms with E-state index in [1.165, 1.54) is 6.07 Å². The van der Waals surface area contributed by atoms with Gasteiger partial charge in [-0.15, -0.1) is 13.2 Å². The van der Waals surface area contributed by atoms with Crippen LogP contribution in [0.3, 0.4) is 0 Å². The van der Waals surface area contributed by atoms with Gasteiger partial charge in [0.25, 0.3) is 0 Å². The van der Waals surface area contributed by atoms with E-state index in [0.717, 1.165) is 6.20 Å². The fourth-order valence-corrected chi connectivity index (χ4v) is 0.987. The van der Waals surface area contributed by atoms with Crippen molar-refractivity contribution >= 4 is 5.82 Å². The summed E-state index contributed by atoms with van der Waals surface area (Å²) in [4.78, 5) is 3.30. The first kappa shape index (κ1) is 12.0. The predicted molar refractivity (Wildman–Crippen MR) is 44.9 cm³/mol. The van der Waals surface area contributed by atoms with Gasteiger partial charge in [0.05, 0.1) is 0 Å². The lowest BCUT2D eigenvalue weighted by Crippen LogP contribution is -2.19. The zero-order valence-electron chi connectivity index (χ0n) is 7.68. The highest BCUT2D eigenvalue weighted by molar-refractivity contribution is 5.59. The predicted octanol–water partition coefficient (Wildman–Crippen LogP) is 1.90. The van der Waals surface area contributed by atoms with E-state index in [2.05, 4.69) is 9.72 Å². The molecule has 0 amide bonds. The summed E-state index contributed by atoms with van der Waals surface area (Å²) in [5, 5.41) is 8.60. The Morgan fingerprint density at radius 3 is 2.56 bits per heavy atom. The second kappa shape index (κ2) is 4.22. The van der Waals surface area contributed by atoms with Crippen LogP contribution in [0.25, 0.3) is 0 Å². The highest BCUT2D eigenvalue weighted by atomic mass is 19.4. The Labute approximate surface area is 87.3 Å². The Morgan fingerprint density at radius 1 is 1.50 bits per heavy atom. The Bertz CT molecular complexity index is 438. The standard InChI is InChI=1S/C8H5F4N3O/c9-1-4-3-15-7(14)6(5(4)2-13)16-8(10,11)12/h3H,1H2,(H2,14,15). The van der Waals surface area contributed by atoms with Gasteiger partial charge in [0, 0.05) is 11.8 Å². The molecule has 0 aliphatic carbocycles. The maximum atomic E-state index is 12.3. The molecule has 0 saturated heterocycles. The van der Waals surface area contributed by atoms with Crippen LogP contribution in [-0.4, -0.2) is 11.3 Å². The minimum Gasteiger partial charge on any atom is -0.400 e. The summed E-state index contributed by atoms with van der Waals surface area (Å²) in [6.07, 6.45) is -4.13. The van der Waals surface area contributed by atoms with E-state index in [4.69, 9.17) is 11.0 Å². The summed E-state index contributed by atoms with van der Waals surface area (Å²) in [7, 11) is 0. The molecule has 0 aliphatic heterocycles. The molecule has 0 spiro atoms. The maximum Gasteiger partial charge on any atom is 0.573 e. The molecule has 1 heterocycles. The van der Waals surface area contributed by atoms with Crippen LogP contribution in [-0.2, 0) is 6.67 Å². The lowest BCUT2D eigenvalue weighted by Gasteiger charge is -2.12. The van der Waals surface area contributed by atoms with E-state index in [9.17, 15) is 17.6 Å². The second-order valence-corrected chi connectivity index (χ2v) is 2.67. The zero-order valence-corrected chi connectivity index (χ0v) is 7.68. The van der Waals surface area contributed by atoms with E-state index in [-0.39, 0.29) is 5.56 Å². The van der Waals surface area contributed by atoms with Crippen molar-refractivity contribution < 1.29 is 22.3 Å². The van der Waals surface area contributed by atoms with Crippen molar-refractivity contribution in [2.45, 2.75) is 13.0 Å². The number of nitrogens with two attached hydrogens (primary N) is 1. The first-order valence-electron chi connectivity index (χ1n) is 3.88. The minimum absolute atomic E-state index is 0.309. The average Bonchev–Trinajstić information content (AvgIpc) is 2.19. The number of nitriles is 1. The molecule has 8 heteroatoms. The van der Waals surface area contributed by atoms with E-state index in [0.29, 0.717) is 0 Å². The lowest BCUT2D eigenvalue weighted by atomic mass is 10.1. The van der Waals surface area contributed by atoms with Crippen molar-refractivity contribution in [3.8, 4) is 11.8 Å². The molecular formula is C8H5F4N3O. The first-order valence-corrected chi connectivity index (χ1v) is 3.88. The molecule has 2 N–H and O–H groups in total. The molecule has 4 nitrogen and oxygen atoms in total. The fraction of sp³-hybridized carbons (Fsp3) is 0.250. The number of hydrogen-bond acceptors (Lipinski definition) is 4. The summed E-state index contributed by atoms with van der Waals surface area (Å²) in [6.45, 7) is -1.13. The quantitative estimate of drug-likeness (QED) is 0.794. The third-order valence-electron chi connectivity index (χ3n) is 1.61. The summed E-state index contributed by atoms with van der Waals surface area (Å²) in [5.41, 5.74) is 4.20. The average molecular weight is 235 g/mol. The number of halogens is 4. The van der Waals surface area contributed by atoms with Gasteiger partial charge in [0.15, 0.2) is 11.6 Å². The van der Waals surface area contributed by atoms with Gasteiger partial charge >= 0.3 is 6.36 Å². The molecule has 0 fully saturated rings. The molecule has 1 aromatic rings. The lowest BCUT2D eigenvalue weighted by molar-refractivity contribution is -0.274. The summed E-state index contributed by atoms with van der Waals surface area (Å²) in [5.74, 6) is -1.59. The van der Waals surface area contributed by atoms with Crippen LogP contribution in [0, 0.1) is 11.3 Å². The van der Waals surface area contributed by atoms with E-state index < -0.39 is 30.2 Å². The van der Waals surface area contributed by atoms with Gasteiger partial charge in [0.1, 0.15) is 18.3 Å². The number of anilines is 1.